The Kier molecular flexibility index (Phi) is 48.3. The maximum atomic E-state index is 13.3. The Morgan fingerprint density at radius 2 is 0.800 bits per heavy atom. The molecule has 0 bridgehead atoms. The first-order chi connectivity index (χ1) is 39.1. The summed E-state index contributed by atoms with van der Waals surface area (Å²) in [6, 6.07) is -0.928. The van der Waals surface area contributed by atoms with E-state index in [2.05, 4.69) is 31.3 Å². The lowest BCUT2D eigenvalue weighted by atomic mass is 9.97. The number of aliphatic hydroxyl groups is 8. The number of carbonyl (C=O) groups is 1. The normalized spacial score (nSPS) is 24.3. The fourth-order valence-electron chi connectivity index (χ4n) is 11.3. The second-order valence-corrected chi connectivity index (χ2v) is 24.0. The maximum Gasteiger partial charge on any atom is 0.220 e. The van der Waals surface area contributed by atoms with Crippen molar-refractivity contribution < 1.29 is 64.6 Å². The van der Waals surface area contributed by atoms with Crippen molar-refractivity contribution in [3.8, 4) is 0 Å². The molecule has 0 radical (unpaired) electrons. The van der Waals surface area contributed by atoms with Gasteiger partial charge in [0, 0.05) is 6.42 Å². The predicted molar refractivity (Wildman–Crippen MR) is 323 cm³/mol. The van der Waals surface area contributed by atoms with Crippen molar-refractivity contribution >= 4 is 5.91 Å². The molecule has 0 aromatic carbocycles. The van der Waals surface area contributed by atoms with Gasteiger partial charge in [-0.05, 0) is 32.1 Å². The van der Waals surface area contributed by atoms with Crippen LogP contribution in [0.25, 0.3) is 0 Å². The number of hydrogen-bond acceptors (Lipinski definition) is 13. The number of nitrogens with one attached hydrogen (secondary N) is 1. The first-order valence-corrected chi connectivity index (χ1v) is 33.6. The molecular formula is C66H125NO13. The second-order valence-electron chi connectivity index (χ2n) is 24.0. The van der Waals surface area contributed by atoms with E-state index >= 15 is 0 Å². The van der Waals surface area contributed by atoms with Gasteiger partial charge in [0.1, 0.15) is 48.8 Å². The molecule has 1 amide bonds. The van der Waals surface area contributed by atoms with E-state index in [0.717, 1.165) is 32.1 Å². The molecule has 14 heteroatoms. The van der Waals surface area contributed by atoms with E-state index in [-0.39, 0.29) is 18.9 Å². The van der Waals surface area contributed by atoms with E-state index in [1.165, 1.54) is 231 Å². The lowest BCUT2D eigenvalue weighted by Crippen LogP contribution is -2.65. The van der Waals surface area contributed by atoms with Crippen LogP contribution in [-0.2, 0) is 23.7 Å². The first kappa shape index (κ1) is 74.6. The molecule has 9 N–H and O–H groups in total. The number of amides is 1. The minimum atomic E-state index is -1.79. The highest BCUT2D eigenvalue weighted by atomic mass is 16.7. The Labute approximate surface area is 488 Å². The topological polar surface area (TPSA) is 228 Å². The van der Waals surface area contributed by atoms with Gasteiger partial charge in [0.2, 0.25) is 5.91 Å². The smallest absolute Gasteiger partial charge is 0.220 e. The SMILES string of the molecule is CCCCCCCCCC/C=C/CC/C=C/C(O)C(COC1OC(CO)C(OC2OC(CO)C(O)C(O)C2O)C(O)C1O)NC(=O)CCCCCCCCCCCCCCCCCCCCCCCCCCCCCCCCCC. The van der Waals surface area contributed by atoms with Gasteiger partial charge in [0.15, 0.2) is 12.6 Å². The van der Waals surface area contributed by atoms with E-state index in [9.17, 15) is 45.6 Å². The highest BCUT2D eigenvalue weighted by molar-refractivity contribution is 5.76. The molecule has 2 saturated heterocycles. The Bertz CT molecular complexity index is 1440. The standard InChI is InChI=1S/C66H125NO13/c1-3-5-7-9-11-13-15-17-19-20-21-22-23-24-25-26-27-28-29-30-31-32-33-34-35-36-38-40-42-44-46-48-50-58(71)67-54(55(70)49-47-45-43-41-39-37-18-16-14-12-10-8-6-4-2)53-77-65-63(76)61(74)64(57(52-69)79-65)80-66-62(75)60(73)59(72)56(51-68)78-66/h39,41,47,49,54-57,59-66,68-70,72-76H,3-38,40,42-46,48,50-53H2,1-2H3,(H,67,71)/b41-39+,49-47+. The Morgan fingerprint density at radius 3 is 1.23 bits per heavy atom. The monoisotopic (exact) mass is 1140 g/mol. The molecule has 80 heavy (non-hydrogen) atoms. The molecule has 0 aliphatic carbocycles. The maximum absolute atomic E-state index is 13.3. The summed E-state index contributed by atoms with van der Waals surface area (Å²) in [5.74, 6) is -0.244. The number of aliphatic hydroxyl groups excluding tert-OH is 8. The molecule has 472 valence electrons. The zero-order valence-corrected chi connectivity index (χ0v) is 51.1. The lowest BCUT2D eigenvalue weighted by Gasteiger charge is -2.46. The van der Waals surface area contributed by atoms with Crippen LogP contribution in [0, 0.1) is 0 Å². The molecule has 0 saturated carbocycles. The van der Waals surface area contributed by atoms with Crippen molar-refractivity contribution in [1.29, 1.82) is 0 Å². The van der Waals surface area contributed by atoms with Gasteiger partial charge in [-0.2, -0.15) is 0 Å². The highest BCUT2D eigenvalue weighted by Crippen LogP contribution is 2.30. The molecule has 0 spiro atoms. The van der Waals surface area contributed by atoms with Crippen molar-refractivity contribution in [2.75, 3.05) is 19.8 Å². The average molecular weight is 1140 g/mol. The van der Waals surface area contributed by atoms with Crippen molar-refractivity contribution in [2.24, 2.45) is 0 Å². The molecule has 2 fully saturated rings. The van der Waals surface area contributed by atoms with Crippen LogP contribution in [0.1, 0.15) is 296 Å². The van der Waals surface area contributed by atoms with Gasteiger partial charge in [-0.15, -0.1) is 0 Å². The predicted octanol–water partition coefficient (Wildman–Crippen LogP) is 12.8. The molecule has 14 nitrogen and oxygen atoms in total. The second kappa shape index (κ2) is 51.9. The van der Waals surface area contributed by atoms with Gasteiger partial charge in [0.25, 0.3) is 0 Å². The fourth-order valence-corrected chi connectivity index (χ4v) is 11.3. The first-order valence-electron chi connectivity index (χ1n) is 33.6. The van der Waals surface area contributed by atoms with Crippen LogP contribution in [0.2, 0.25) is 0 Å². The van der Waals surface area contributed by atoms with E-state index < -0.39 is 86.8 Å². The van der Waals surface area contributed by atoms with Crippen LogP contribution in [-0.4, -0.2) is 140 Å². The molecule has 12 unspecified atom stereocenters. The molecule has 0 aromatic heterocycles. The summed E-state index contributed by atoms with van der Waals surface area (Å²) in [5.41, 5.74) is 0. The molecular weight excluding hydrogens is 1010 g/mol. The van der Waals surface area contributed by atoms with Crippen LogP contribution in [0.15, 0.2) is 24.3 Å². The van der Waals surface area contributed by atoms with Crippen LogP contribution in [0.3, 0.4) is 0 Å². The van der Waals surface area contributed by atoms with Crippen LogP contribution in [0.5, 0.6) is 0 Å². The Balaban J connectivity index is 1.63. The van der Waals surface area contributed by atoms with Gasteiger partial charge in [0.05, 0.1) is 32.0 Å². The van der Waals surface area contributed by atoms with Gasteiger partial charge in [-0.25, -0.2) is 0 Å². The summed E-state index contributed by atoms with van der Waals surface area (Å²) >= 11 is 0. The summed E-state index contributed by atoms with van der Waals surface area (Å²) < 4.78 is 22.8. The minimum Gasteiger partial charge on any atom is -0.394 e. The molecule has 2 heterocycles. The number of ether oxygens (including phenoxy) is 4. The quantitative estimate of drug-likeness (QED) is 0.0204. The van der Waals surface area contributed by atoms with E-state index in [4.69, 9.17) is 18.9 Å². The molecule has 2 aliphatic rings. The van der Waals surface area contributed by atoms with E-state index in [0.29, 0.717) is 12.8 Å². The Morgan fingerprint density at radius 1 is 0.438 bits per heavy atom. The summed E-state index contributed by atoms with van der Waals surface area (Å²) in [6.07, 6.45) is 46.9. The third-order valence-electron chi connectivity index (χ3n) is 16.6. The summed E-state index contributed by atoms with van der Waals surface area (Å²) in [5, 5.41) is 87.1. The average Bonchev–Trinajstić information content (AvgIpc) is 3.46. The lowest BCUT2D eigenvalue weighted by molar-refractivity contribution is -0.359. The van der Waals surface area contributed by atoms with Crippen LogP contribution >= 0.6 is 0 Å². The van der Waals surface area contributed by atoms with Gasteiger partial charge < -0.3 is 65.1 Å². The van der Waals surface area contributed by atoms with Gasteiger partial charge in [-0.1, -0.05) is 282 Å². The molecule has 2 rings (SSSR count). The van der Waals surface area contributed by atoms with Crippen molar-refractivity contribution in [3.63, 3.8) is 0 Å². The fraction of sp³-hybridized carbons (Fsp3) is 0.924. The van der Waals surface area contributed by atoms with Gasteiger partial charge in [-0.3, -0.25) is 4.79 Å². The molecule has 12 atom stereocenters. The Hall–Kier alpha value is -1.53. The van der Waals surface area contributed by atoms with E-state index in [1.807, 2.05) is 6.08 Å². The number of rotatable bonds is 55. The van der Waals surface area contributed by atoms with Gasteiger partial charge >= 0.3 is 0 Å². The zero-order valence-electron chi connectivity index (χ0n) is 51.1. The number of carbonyl (C=O) groups excluding carboxylic acids is 1. The minimum absolute atomic E-state index is 0.244. The highest BCUT2D eigenvalue weighted by Gasteiger charge is 2.51. The largest absolute Gasteiger partial charge is 0.394 e. The zero-order chi connectivity index (χ0) is 58.1. The number of hydrogen-bond donors (Lipinski definition) is 9. The van der Waals surface area contributed by atoms with Crippen molar-refractivity contribution in [1.82, 2.24) is 5.32 Å². The molecule has 2 aliphatic heterocycles. The summed E-state index contributed by atoms with van der Waals surface area (Å²) in [7, 11) is 0. The van der Waals surface area contributed by atoms with Crippen LogP contribution < -0.4 is 5.32 Å². The summed E-state index contributed by atoms with van der Waals surface area (Å²) in [6.45, 7) is 2.80. The van der Waals surface area contributed by atoms with Crippen molar-refractivity contribution in [3.05, 3.63) is 24.3 Å². The van der Waals surface area contributed by atoms with Crippen molar-refractivity contribution in [2.45, 2.75) is 370 Å². The van der Waals surface area contributed by atoms with E-state index in [1.54, 1.807) is 6.08 Å². The molecule has 0 aromatic rings. The summed E-state index contributed by atoms with van der Waals surface area (Å²) in [4.78, 5) is 13.3. The third kappa shape index (κ3) is 36.3. The number of allylic oxidation sites excluding steroid dienone is 3. The van der Waals surface area contributed by atoms with Crippen LogP contribution in [0.4, 0.5) is 0 Å². The third-order valence-corrected chi connectivity index (χ3v) is 16.6. The number of unbranched alkanes of at least 4 members (excludes halogenated alkanes) is 40.